The molecule has 1 fully saturated rings. The average Bonchev–Trinajstić information content (AvgIpc) is 2.98. The first-order valence-electron chi connectivity index (χ1n) is 6.62. The van der Waals surface area contributed by atoms with Crippen LogP contribution >= 0.6 is 34.2 Å². The van der Waals surface area contributed by atoms with E-state index in [0.717, 1.165) is 36.1 Å². The molecule has 0 atom stereocenters. The minimum absolute atomic E-state index is 0.162. The van der Waals surface area contributed by atoms with Gasteiger partial charge in [-0.25, -0.2) is 9.37 Å². The second-order valence-electron chi connectivity index (χ2n) is 5.03. The number of nitrogens with zero attached hydrogens (tertiary/aromatic N) is 2. The Morgan fingerprint density at radius 2 is 2.11 bits per heavy atom. The second-order valence-corrected chi connectivity index (χ2v) is 6.57. The zero-order valence-electron chi connectivity index (χ0n) is 10.5. The molecule has 19 heavy (non-hydrogen) atoms. The number of alkyl halides is 1. The molecule has 1 heterocycles. The Bertz CT molecular complexity index is 605. The Balaban J connectivity index is 2.19. The first kappa shape index (κ1) is 13.6. The fraction of sp³-hybridized carbons (Fsp3) is 0.500. The molecular weight excluding hydrogens is 378 g/mol. The van der Waals surface area contributed by atoms with Crippen molar-refractivity contribution in [2.45, 2.75) is 38.1 Å². The van der Waals surface area contributed by atoms with E-state index in [1.54, 1.807) is 6.07 Å². The molecule has 1 saturated carbocycles. The quantitative estimate of drug-likeness (QED) is 0.548. The van der Waals surface area contributed by atoms with Gasteiger partial charge in [-0.2, -0.15) is 0 Å². The van der Waals surface area contributed by atoms with Gasteiger partial charge in [0, 0.05) is 24.4 Å². The average molecular weight is 393 g/mol. The van der Waals surface area contributed by atoms with E-state index in [9.17, 15) is 4.39 Å². The smallest absolute Gasteiger partial charge is 0.138 e. The van der Waals surface area contributed by atoms with Crippen LogP contribution in [0.5, 0.6) is 0 Å². The summed E-state index contributed by atoms with van der Waals surface area (Å²) in [6.45, 7) is 0. The van der Waals surface area contributed by atoms with Gasteiger partial charge in [0.05, 0.1) is 14.6 Å². The van der Waals surface area contributed by atoms with Gasteiger partial charge in [-0.05, 0) is 41.5 Å². The number of aryl methyl sites for hydroxylation is 1. The van der Waals surface area contributed by atoms with Crippen molar-refractivity contribution in [2.24, 2.45) is 0 Å². The van der Waals surface area contributed by atoms with Crippen LogP contribution in [0.15, 0.2) is 12.1 Å². The predicted octanol–water partition coefficient (Wildman–Crippen LogP) is 4.68. The van der Waals surface area contributed by atoms with Crippen LogP contribution in [0.3, 0.4) is 0 Å². The van der Waals surface area contributed by atoms with Crippen molar-refractivity contribution in [1.29, 1.82) is 0 Å². The molecule has 0 spiro atoms. The standard InChI is InChI=1S/C14H15ClFIN2/c15-6-5-14-18-12-8-11(17)10(16)7-13(12)19(14)9-3-1-2-4-9/h7-9H,1-6H2. The molecular formula is C14H15ClFIN2. The van der Waals surface area contributed by atoms with E-state index in [0.29, 0.717) is 15.5 Å². The van der Waals surface area contributed by atoms with Crippen molar-refractivity contribution in [3.05, 3.63) is 27.3 Å². The van der Waals surface area contributed by atoms with Crippen LogP contribution < -0.4 is 0 Å². The number of benzene rings is 1. The first-order valence-corrected chi connectivity index (χ1v) is 8.24. The molecule has 2 aromatic rings. The van der Waals surface area contributed by atoms with Crippen molar-refractivity contribution in [2.75, 3.05) is 5.88 Å². The SMILES string of the molecule is Fc1cc2c(cc1I)nc(CCCl)n2C1CCCC1. The Labute approximate surface area is 130 Å². The van der Waals surface area contributed by atoms with E-state index < -0.39 is 0 Å². The number of imidazole rings is 1. The van der Waals surface area contributed by atoms with Crippen LogP contribution in [-0.2, 0) is 6.42 Å². The molecule has 0 bridgehead atoms. The molecule has 0 N–H and O–H groups in total. The summed E-state index contributed by atoms with van der Waals surface area (Å²) in [7, 11) is 0. The zero-order valence-corrected chi connectivity index (χ0v) is 13.4. The van der Waals surface area contributed by atoms with Gasteiger partial charge in [-0.15, -0.1) is 11.6 Å². The summed E-state index contributed by atoms with van der Waals surface area (Å²) in [5.74, 6) is 1.39. The predicted molar refractivity (Wildman–Crippen MR) is 84.3 cm³/mol. The molecule has 0 aliphatic heterocycles. The molecule has 1 aliphatic carbocycles. The van der Waals surface area contributed by atoms with Crippen molar-refractivity contribution < 1.29 is 4.39 Å². The minimum atomic E-state index is -0.162. The van der Waals surface area contributed by atoms with Crippen LogP contribution in [0.25, 0.3) is 11.0 Å². The highest BCUT2D eigenvalue weighted by atomic mass is 127. The van der Waals surface area contributed by atoms with E-state index in [-0.39, 0.29) is 5.82 Å². The summed E-state index contributed by atoms with van der Waals surface area (Å²) in [6.07, 6.45) is 5.56. The van der Waals surface area contributed by atoms with E-state index in [2.05, 4.69) is 9.55 Å². The van der Waals surface area contributed by atoms with Gasteiger partial charge in [0.15, 0.2) is 0 Å². The van der Waals surface area contributed by atoms with Crippen molar-refractivity contribution in [1.82, 2.24) is 9.55 Å². The molecule has 0 radical (unpaired) electrons. The maximum Gasteiger partial charge on any atom is 0.138 e. The highest BCUT2D eigenvalue weighted by Gasteiger charge is 2.23. The molecule has 0 unspecified atom stereocenters. The Morgan fingerprint density at radius 3 is 2.79 bits per heavy atom. The highest BCUT2D eigenvalue weighted by molar-refractivity contribution is 14.1. The Kier molecular flexibility index (Phi) is 3.98. The molecule has 0 saturated heterocycles. The molecule has 1 aromatic heterocycles. The van der Waals surface area contributed by atoms with E-state index in [4.69, 9.17) is 11.6 Å². The Morgan fingerprint density at radius 1 is 1.37 bits per heavy atom. The zero-order chi connectivity index (χ0) is 13.4. The van der Waals surface area contributed by atoms with Crippen molar-refractivity contribution in [3.63, 3.8) is 0 Å². The van der Waals surface area contributed by atoms with Crippen LogP contribution in [0.2, 0.25) is 0 Å². The topological polar surface area (TPSA) is 17.8 Å². The van der Waals surface area contributed by atoms with Gasteiger partial charge in [-0.1, -0.05) is 12.8 Å². The lowest BCUT2D eigenvalue weighted by Crippen LogP contribution is -2.09. The number of hydrogen-bond donors (Lipinski definition) is 0. The van der Waals surface area contributed by atoms with Gasteiger partial charge in [0.1, 0.15) is 11.6 Å². The van der Waals surface area contributed by atoms with Crippen molar-refractivity contribution in [3.8, 4) is 0 Å². The van der Waals surface area contributed by atoms with E-state index in [1.165, 1.54) is 12.8 Å². The monoisotopic (exact) mass is 392 g/mol. The van der Waals surface area contributed by atoms with Crippen LogP contribution in [-0.4, -0.2) is 15.4 Å². The molecule has 5 heteroatoms. The summed E-state index contributed by atoms with van der Waals surface area (Å²) in [5, 5.41) is 0. The summed E-state index contributed by atoms with van der Waals surface area (Å²) in [6, 6.07) is 3.91. The van der Waals surface area contributed by atoms with Gasteiger partial charge in [-0.3, -0.25) is 0 Å². The maximum atomic E-state index is 13.8. The van der Waals surface area contributed by atoms with Gasteiger partial charge >= 0.3 is 0 Å². The number of rotatable bonds is 3. The lowest BCUT2D eigenvalue weighted by atomic mass is 10.2. The third-order valence-electron chi connectivity index (χ3n) is 3.81. The van der Waals surface area contributed by atoms with Crippen LogP contribution in [0.4, 0.5) is 4.39 Å². The van der Waals surface area contributed by atoms with Gasteiger partial charge < -0.3 is 4.57 Å². The minimum Gasteiger partial charge on any atom is -0.325 e. The van der Waals surface area contributed by atoms with Gasteiger partial charge in [0.25, 0.3) is 0 Å². The number of hydrogen-bond acceptors (Lipinski definition) is 1. The molecule has 1 aromatic carbocycles. The summed E-state index contributed by atoms with van der Waals surface area (Å²) < 4.78 is 16.7. The maximum absolute atomic E-state index is 13.8. The number of aromatic nitrogens is 2. The van der Waals surface area contributed by atoms with Gasteiger partial charge in [0.2, 0.25) is 0 Å². The third-order valence-corrected chi connectivity index (χ3v) is 4.83. The number of fused-ring (bicyclic) bond motifs is 1. The lowest BCUT2D eigenvalue weighted by Gasteiger charge is -2.16. The van der Waals surface area contributed by atoms with Crippen LogP contribution in [0, 0.1) is 9.39 Å². The largest absolute Gasteiger partial charge is 0.325 e. The molecule has 0 amide bonds. The molecule has 102 valence electrons. The fourth-order valence-electron chi connectivity index (χ4n) is 2.97. The fourth-order valence-corrected chi connectivity index (χ4v) is 3.59. The third kappa shape index (κ3) is 2.49. The Hall–Kier alpha value is -0.360. The lowest BCUT2D eigenvalue weighted by molar-refractivity contribution is 0.512. The summed E-state index contributed by atoms with van der Waals surface area (Å²) >= 11 is 7.89. The summed E-state index contributed by atoms with van der Waals surface area (Å²) in [4.78, 5) is 4.66. The molecule has 1 aliphatic rings. The number of halogens is 3. The van der Waals surface area contributed by atoms with Crippen LogP contribution in [0.1, 0.15) is 37.5 Å². The highest BCUT2D eigenvalue weighted by Crippen LogP contribution is 2.34. The summed E-state index contributed by atoms with van der Waals surface area (Å²) in [5.41, 5.74) is 1.81. The normalized spacial score (nSPS) is 16.6. The van der Waals surface area contributed by atoms with Crippen molar-refractivity contribution >= 4 is 45.2 Å². The second kappa shape index (κ2) is 5.56. The molecule has 3 rings (SSSR count). The molecule has 2 nitrogen and oxygen atoms in total. The van der Waals surface area contributed by atoms with E-state index >= 15 is 0 Å². The van der Waals surface area contributed by atoms with E-state index in [1.807, 2.05) is 28.7 Å². The first-order chi connectivity index (χ1) is 9.20.